The van der Waals surface area contributed by atoms with Crippen molar-refractivity contribution in [1.29, 1.82) is 0 Å². The molecule has 0 aliphatic heterocycles. The molecule has 0 atom stereocenters. The fourth-order valence-corrected chi connectivity index (χ4v) is 2.84. The highest BCUT2D eigenvalue weighted by molar-refractivity contribution is 8.93. The minimum Gasteiger partial charge on any atom is -0.253 e. The molecule has 114 valence electrons. The maximum absolute atomic E-state index is 6.06. The van der Waals surface area contributed by atoms with E-state index in [1.807, 2.05) is 5.38 Å². The maximum atomic E-state index is 6.06. The van der Waals surface area contributed by atoms with Gasteiger partial charge in [0.1, 0.15) is 0 Å². The van der Waals surface area contributed by atoms with Gasteiger partial charge in [0.15, 0.2) is 0 Å². The smallest absolute Gasteiger partial charge is 0.203 e. The van der Waals surface area contributed by atoms with E-state index in [1.54, 1.807) is 24.4 Å². The van der Waals surface area contributed by atoms with Crippen molar-refractivity contribution in [2.45, 2.75) is 26.2 Å². The molecule has 1 heterocycles. The summed E-state index contributed by atoms with van der Waals surface area (Å²) >= 11 is 13.6. The molecule has 2 rings (SSSR count). The molecule has 0 amide bonds. The van der Waals surface area contributed by atoms with Crippen molar-refractivity contribution in [1.82, 2.24) is 4.98 Å². The Morgan fingerprint density at radius 2 is 1.86 bits per heavy atom. The van der Waals surface area contributed by atoms with Gasteiger partial charge in [-0.15, -0.1) is 28.3 Å². The summed E-state index contributed by atoms with van der Waals surface area (Å²) in [5, 5.41) is 8.04. The number of hydrogen-bond acceptors (Lipinski definition) is 4. The lowest BCUT2D eigenvalue weighted by atomic mass is 9.93. The standard InChI is InChI=1S/C14H15Cl2N3S.BrH/c1-14(2,3)12-8-20-13(18-12)19-17-7-9-10(15)5-4-6-11(9)16;/h4-8H,1-3H3,(H,18,19);1H. The summed E-state index contributed by atoms with van der Waals surface area (Å²) in [5.41, 5.74) is 4.66. The molecular formula is C14H16BrCl2N3S. The van der Waals surface area contributed by atoms with Crippen LogP contribution in [0.25, 0.3) is 0 Å². The van der Waals surface area contributed by atoms with Crippen LogP contribution in [-0.2, 0) is 5.41 Å². The zero-order chi connectivity index (χ0) is 14.8. The molecule has 0 unspecified atom stereocenters. The maximum Gasteiger partial charge on any atom is 0.203 e. The van der Waals surface area contributed by atoms with Crippen molar-refractivity contribution < 1.29 is 0 Å². The van der Waals surface area contributed by atoms with Crippen LogP contribution < -0.4 is 5.43 Å². The van der Waals surface area contributed by atoms with E-state index in [2.05, 4.69) is 36.3 Å². The first-order chi connectivity index (χ1) is 9.38. The molecule has 1 aromatic carbocycles. The topological polar surface area (TPSA) is 37.3 Å². The van der Waals surface area contributed by atoms with Crippen molar-refractivity contribution in [2.24, 2.45) is 5.10 Å². The van der Waals surface area contributed by atoms with E-state index in [-0.39, 0.29) is 22.4 Å². The predicted octanol–water partition coefficient (Wildman–Crippen LogP) is 5.77. The van der Waals surface area contributed by atoms with E-state index in [0.717, 1.165) is 10.8 Å². The molecule has 21 heavy (non-hydrogen) atoms. The molecular weight excluding hydrogens is 393 g/mol. The van der Waals surface area contributed by atoms with Crippen molar-refractivity contribution in [3.8, 4) is 0 Å². The number of thiazole rings is 1. The summed E-state index contributed by atoms with van der Waals surface area (Å²) in [5.74, 6) is 0. The number of anilines is 1. The monoisotopic (exact) mass is 407 g/mol. The third kappa shape index (κ3) is 4.95. The van der Waals surface area contributed by atoms with Crippen molar-refractivity contribution in [3.05, 3.63) is 44.9 Å². The molecule has 2 aromatic rings. The molecule has 7 heteroatoms. The molecule has 0 saturated heterocycles. The van der Waals surface area contributed by atoms with Gasteiger partial charge >= 0.3 is 0 Å². The van der Waals surface area contributed by atoms with Crippen molar-refractivity contribution in [2.75, 3.05) is 5.43 Å². The van der Waals surface area contributed by atoms with Gasteiger partial charge in [-0.3, -0.25) is 5.43 Å². The molecule has 0 fully saturated rings. The summed E-state index contributed by atoms with van der Waals surface area (Å²) in [6.07, 6.45) is 1.60. The van der Waals surface area contributed by atoms with Crippen molar-refractivity contribution in [3.63, 3.8) is 0 Å². The zero-order valence-electron chi connectivity index (χ0n) is 11.9. The average Bonchev–Trinajstić information content (AvgIpc) is 2.81. The largest absolute Gasteiger partial charge is 0.253 e. The molecule has 0 aliphatic rings. The summed E-state index contributed by atoms with van der Waals surface area (Å²) < 4.78 is 0. The third-order valence-corrected chi connectivity index (χ3v) is 4.03. The highest BCUT2D eigenvalue weighted by Gasteiger charge is 2.17. The van der Waals surface area contributed by atoms with E-state index < -0.39 is 0 Å². The van der Waals surface area contributed by atoms with E-state index in [4.69, 9.17) is 23.2 Å². The summed E-state index contributed by atoms with van der Waals surface area (Å²) in [6, 6.07) is 5.34. The number of nitrogens with one attached hydrogen (secondary N) is 1. The Hall–Kier alpha value is -0.620. The second kappa shape index (κ2) is 7.58. The first-order valence-corrected chi connectivity index (χ1v) is 7.70. The van der Waals surface area contributed by atoms with Gasteiger partial charge in [-0.05, 0) is 12.1 Å². The number of rotatable bonds is 3. The highest BCUT2D eigenvalue weighted by Crippen LogP contribution is 2.26. The average molecular weight is 409 g/mol. The van der Waals surface area contributed by atoms with Gasteiger partial charge in [0.25, 0.3) is 0 Å². The molecule has 0 aliphatic carbocycles. The van der Waals surface area contributed by atoms with Crippen LogP contribution in [0.15, 0.2) is 28.7 Å². The summed E-state index contributed by atoms with van der Waals surface area (Å²) in [7, 11) is 0. The molecule has 0 spiro atoms. The van der Waals surface area contributed by atoms with Crippen LogP contribution in [0.2, 0.25) is 10.0 Å². The van der Waals surface area contributed by atoms with E-state index in [0.29, 0.717) is 15.6 Å². The highest BCUT2D eigenvalue weighted by atomic mass is 79.9. The normalized spacial score (nSPS) is 11.5. The number of nitrogens with zero attached hydrogens (tertiary/aromatic N) is 2. The molecule has 0 bridgehead atoms. The van der Waals surface area contributed by atoms with Crippen LogP contribution in [0.4, 0.5) is 5.13 Å². The minimum absolute atomic E-state index is 0. The molecule has 1 N–H and O–H groups in total. The fourth-order valence-electron chi connectivity index (χ4n) is 1.46. The van der Waals surface area contributed by atoms with Crippen LogP contribution in [0.5, 0.6) is 0 Å². The molecule has 3 nitrogen and oxygen atoms in total. The summed E-state index contributed by atoms with van der Waals surface area (Å²) in [4.78, 5) is 4.49. The van der Waals surface area contributed by atoms with E-state index in [1.165, 1.54) is 11.3 Å². The Bertz CT molecular complexity index is 615. The van der Waals surface area contributed by atoms with Gasteiger partial charge in [0, 0.05) is 16.4 Å². The Morgan fingerprint density at radius 1 is 1.24 bits per heavy atom. The summed E-state index contributed by atoms with van der Waals surface area (Å²) in [6.45, 7) is 6.37. The van der Waals surface area contributed by atoms with E-state index in [9.17, 15) is 0 Å². The Kier molecular flexibility index (Phi) is 6.66. The Labute approximate surface area is 149 Å². The SMILES string of the molecule is Br.CC(C)(C)c1csc(NN=Cc2c(Cl)cccc2Cl)n1. The van der Waals surface area contributed by atoms with Gasteiger partial charge in [-0.25, -0.2) is 4.98 Å². The molecule has 1 aromatic heterocycles. The number of hydrazone groups is 1. The Morgan fingerprint density at radius 3 is 2.38 bits per heavy atom. The van der Waals surface area contributed by atoms with Gasteiger partial charge in [0.2, 0.25) is 5.13 Å². The molecule has 0 saturated carbocycles. The van der Waals surface area contributed by atoms with E-state index >= 15 is 0 Å². The number of halogens is 3. The lowest BCUT2D eigenvalue weighted by Crippen LogP contribution is -2.11. The van der Waals surface area contributed by atoms with Crippen LogP contribution in [0.3, 0.4) is 0 Å². The van der Waals surface area contributed by atoms with Crippen LogP contribution >= 0.6 is 51.5 Å². The van der Waals surface area contributed by atoms with Crippen LogP contribution in [0.1, 0.15) is 32.0 Å². The van der Waals surface area contributed by atoms with Gasteiger partial charge < -0.3 is 0 Å². The second-order valence-corrected chi connectivity index (χ2v) is 6.97. The first kappa shape index (κ1) is 18.4. The predicted molar refractivity (Wildman–Crippen MR) is 98.8 cm³/mol. The quantitative estimate of drug-likeness (QED) is 0.516. The van der Waals surface area contributed by atoms with Crippen LogP contribution in [-0.4, -0.2) is 11.2 Å². The van der Waals surface area contributed by atoms with Gasteiger partial charge in [0.05, 0.1) is 22.0 Å². The lowest BCUT2D eigenvalue weighted by molar-refractivity contribution is 0.573. The number of hydrogen-bond donors (Lipinski definition) is 1. The lowest BCUT2D eigenvalue weighted by Gasteiger charge is -2.13. The first-order valence-electron chi connectivity index (χ1n) is 6.07. The van der Waals surface area contributed by atoms with Gasteiger partial charge in [-0.2, -0.15) is 5.10 Å². The Balaban J connectivity index is 0.00000220. The third-order valence-electron chi connectivity index (χ3n) is 2.63. The zero-order valence-corrected chi connectivity index (χ0v) is 15.9. The van der Waals surface area contributed by atoms with Crippen molar-refractivity contribution >= 4 is 62.9 Å². The molecule has 0 radical (unpaired) electrons. The fraction of sp³-hybridized carbons (Fsp3) is 0.286. The number of benzene rings is 1. The second-order valence-electron chi connectivity index (χ2n) is 5.29. The van der Waals surface area contributed by atoms with Crippen LogP contribution in [0, 0.1) is 0 Å². The number of aromatic nitrogens is 1. The minimum atomic E-state index is 0. The van der Waals surface area contributed by atoms with Gasteiger partial charge in [-0.1, -0.05) is 50.0 Å².